The Balaban J connectivity index is 2.28. The Bertz CT molecular complexity index is 631. The molecule has 5 nitrogen and oxygen atoms in total. The molecule has 2 rings (SSSR count). The van der Waals surface area contributed by atoms with Crippen molar-refractivity contribution in [1.82, 2.24) is 9.55 Å². The second-order valence-corrected chi connectivity index (χ2v) is 4.82. The lowest BCUT2D eigenvalue weighted by Crippen LogP contribution is -2.19. The quantitative estimate of drug-likeness (QED) is 0.891. The maximum Gasteiger partial charge on any atom is 0.264 e. The van der Waals surface area contributed by atoms with Gasteiger partial charge in [0.2, 0.25) is 0 Å². The molecule has 2 heterocycles. The van der Waals surface area contributed by atoms with Crippen molar-refractivity contribution < 1.29 is 4.79 Å². The van der Waals surface area contributed by atoms with E-state index in [4.69, 9.17) is 0 Å². The van der Waals surface area contributed by atoms with Gasteiger partial charge in [-0.25, -0.2) is 0 Å². The summed E-state index contributed by atoms with van der Waals surface area (Å²) in [5.41, 5.74) is 1.80. The van der Waals surface area contributed by atoms with Gasteiger partial charge >= 0.3 is 0 Å². The molecule has 1 amide bonds. The number of hydrogen-bond donors (Lipinski definition) is 2. The molecule has 0 spiro atoms. The first-order valence-corrected chi connectivity index (χ1v) is 6.10. The minimum Gasteiger partial charge on any atom is -0.365 e. The molecule has 0 radical (unpaired) electrons. The third-order valence-electron chi connectivity index (χ3n) is 2.60. The van der Waals surface area contributed by atoms with Crippen molar-refractivity contribution >= 4 is 27.5 Å². The maximum atomic E-state index is 12.0. The Morgan fingerprint density at radius 2 is 2.22 bits per heavy atom. The van der Waals surface area contributed by atoms with Crippen LogP contribution >= 0.6 is 15.9 Å². The minimum absolute atomic E-state index is 0.147. The summed E-state index contributed by atoms with van der Waals surface area (Å²) in [4.78, 5) is 26.4. The molecule has 0 bridgehead atoms. The molecule has 94 valence electrons. The second kappa shape index (κ2) is 4.81. The monoisotopic (exact) mass is 309 g/mol. The molecular weight excluding hydrogens is 298 g/mol. The van der Waals surface area contributed by atoms with E-state index in [2.05, 4.69) is 26.2 Å². The fourth-order valence-electron chi connectivity index (χ4n) is 1.64. The number of hydrogen-bond acceptors (Lipinski definition) is 2. The van der Waals surface area contributed by atoms with Crippen LogP contribution < -0.4 is 10.9 Å². The average Bonchev–Trinajstić information content (AvgIpc) is 2.72. The second-order valence-electron chi connectivity index (χ2n) is 3.96. The molecule has 2 aromatic rings. The van der Waals surface area contributed by atoms with Crippen LogP contribution in [0.3, 0.4) is 0 Å². The van der Waals surface area contributed by atoms with Crippen LogP contribution in [0.25, 0.3) is 0 Å². The van der Waals surface area contributed by atoms with E-state index in [9.17, 15) is 9.59 Å². The van der Waals surface area contributed by atoms with E-state index in [0.717, 1.165) is 5.69 Å². The molecule has 0 aromatic carbocycles. The van der Waals surface area contributed by atoms with Gasteiger partial charge in [-0.2, -0.15) is 0 Å². The van der Waals surface area contributed by atoms with Crippen LogP contribution in [0.5, 0.6) is 0 Å². The zero-order valence-electron chi connectivity index (χ0n) is 9.95. The van der Waals surface area contributed by atoms with Gasteiger partial charge in [0.25, 0.3) is 11.5 Å². The lowest BCUT2D eigenvalue weighted by Gasteiger charge is -2.07. The minimum atomic E-state index is -0.209. The average molecular weight is 310 g/mol. The van der Waals surface area contributed by atoms with Gasteiger partial charge in [0.05, 0.1) is 15.7 Å². The number of carbonyl (C=O) groups is 1. The lowest BCUT2D eigenvalue weighted by molar-refractivity contribution is 0.102. The van der Waals surface area contributed by atoms with Crippen LogP contribution in [0.4, 0.5) is 5.69 Å². The van der Waals surface area contributed by atoms with Gasteiger partial charge in [-0.1, -0.05) is 0 Å². The normalized spacial score (nSPS) is 10.4. The Kier molecular flexibility index (Phi) is 3.38. The number of aryl methyl sites for hydroxylation is 2. The Morgan fingerprint density at radius 3 is 2.78 bits per heavy atom. The van der Waals surface area contributed by atoms with Crippen molar-refractivity contribution in [1.29, 1.82) is 0 Å². The summed E-state index contributed by atoms with van der Waals surface area (Å²) in [6.07, 6.45) is 3.29. The van der Waals surface area contributed by atoms with E-state index in [1.807, 2.05) is 6.92 Å². The summed E-state index contributed by atoms with van der Waals surface area (Å²) in [5, 5.41) is 2.75. The fraction of sp³-hybridized carbons (Fsp3) is 0.167. The number of amides is 1. The van der Waals surface area contributed by atoms with Crippen molar-refractivity contribution in [3.63, 3.8) is 0 Å². The van der Waals surface area contributed by atoms with E-state index in [1.54, 1.807) is 31.6 Å². The summed E-state index contributed by atoms with van der Waals surface area (Å²) in [5.74, 6) is -0.209. The highest BCUT2D eigenvalue weighted by Gasteiger charge is 2.11. The zero-order valence-corrected chi connectivity index (χ0v) is 11.5. The molecule has 6 heteroatoms. The summed E-state index contributed by atoms with van der Waals surface area (Å²) < 4.78 is 1.82. The van der Waals surface area contributed by atoms with Gasteiger partial charge in [-0.05, 0) is 35.0 Å². The third kappa shape index (κ3) is 2.38. The summed E-state index contributed by atoms with van der Waals surface area (Å²) >= 11 is 3.16. The Morgan fingerprint density at radius 1 is 1.50 bits per heavy atom. The predicted octanol–water partition coefficient (Wildman–Crippen LogP) is 2.04. The number of H-pyrrole nitrogens is 1. The lowest BCUT2D eigenvalue weighted by atomic mass is 10.2. The van der Waals surface area contributed by atoms with Crippen LogP contribution in [0.2, 0.25) is 0 Å². The van der Waals surface area contributed by atoms with Crippen LogP contribution in [0.1, 0.15) is 16.1 Å². The van der Waals surface area contributed by atoms with Crippen LogP contribution in [-0.2, 0) is 7.05 Å². The Labute approximate surface area is 112 Å². The number of pyridine rings is 1. The largest absolute Gasteiger partial charge is 0.365 e. The highest BCUT2D eigenvalue weighted by atomic mass is 79.9. The summed E-state index contributed by atoms with van der Waals surface area (Å²) in [6, 6.07) is 3.30. The van der Waals surface area contributed by atoms with E-state index < -0.39 is 0 Å². The van der Waals surface area contributed by atoms with Crippen molar-refractivity contribution in [2.24, 2.45) is 7.05 Å². The van der Waals surface area contributed by atoms with E-state index >= 15 is 0 Å². The molecule has 0 fully saturated rings. The number of aromatic nitrogens is 2. The van der Waals surface area contributed by atoms with Crippen LogP contribution in [-0.4, -0.2) is 15.5 Å². The number of aromatic amines is 1. The molecule has 2 aromatic heterocycles. The summed E-state index contributed by atoms with van der Waals surface area (Å²) in [6.45, 7) is 1.82. The van der Waals surface area contributed by atoms with E-state index in [-0.39, 0.29) is 11.5 Å². The number of nitrogens with one attached hydrogen (secondary N) is 2. The van der Waals surface area contributed by atoms with Crippen molar-refractivity contribution in [3.8, 4) is 0 Å². The molecule has 2 N–H and O–H groups in total. The zero-order chi connectivity index (χ0) is 13.3. The molecule has 0 atom stereocenters. The van der Waals surface area contributed by atoms with Gasteiger partial charge in [-0.15, -0.1) is 0 Å². The first-order valence-electron chi connectivity index (χ1n) is 5.30. The van der Waals surface area contributed by atoms with Gasteiger partial charge in [-0.3, -0.25) is 9.59 Å². The smallest absolute Gasteiger partial charge is 0.264 e. The van der Waals surface area contributed by atoms with Gasteiger partial charge in [0.15, 0.2) is 0 Å². The van der Waals surface area contributed by atoms with Gasteiger partial charge in [0.1, 0.15) is 0 Å². The van der Waals surface area contributed by atoms with Gasteiger partial charge < -0.3 is 14.9 Å². The molecule has 0 saturated heterocycles. The molecule has 0 unspecified atom stereocenters. The molecule has 0 saturated carbocycles. The van der Waals surface area contributed by atoms with Gasteiger partial charge in [0, 0.05) is 25.1 Å². The third-order valence-corrected chi connectivity index (χ3v) is 3.16. The van der Waals surface area contributed by atoms with Crippen LogP contribution in [0, 0.1) is 6.92 Å². The van der Waals surface area contributed by atoms with E-state index in [1.165, 1.54) is 4.57 Å². The highest BCUT2D eigenvalue weighted by molar-refractivity contribution is 9.10. The maximum absolute atomic E-state index is 12.0. The first kappa shape index (κ1) is 12.6. The topological polar surface area (TPSA) is 66.9 Å². The standard InChI is InChI=1S/C12H12BrN3O2/c1-7-9(3-4-14-7)11(17)15-8-5-10(13)12(18)16(2)6-8/h3-6,14H,1-2H3,(H,15,17). The fourth-order valence-corrected chi connectivity index (χ4v) is 2.16. The number of carbonyl (C=O) groups excluding carboxylic acids is 1. The SMILES string of the molecule is Cc1[nH]ccc1C(=O)Nc1cc(Br)c(=O)n(C)c1. The number of nitrogens with zero attached hydrogens (tertiary/aromatic N) is 1. The Hall–Kier alpha value is -1.82. The summed E-state index contributed by atoms with van der Waals surface area (Å²) in [7, 11) is 1.63. The highest BCUT2D eigenvalue weighted by Crippen LogP contribution is 2.14. The van der Waals surface area contributed by atoms with Crippen molar-refractivity contribution in [3.05, 3.63) is 50.6 Å². The molecule has 18 heavy (non-hydrogen) atoms. The van der Waals surface area contributed by atoms with E-state index in [0.29, 0.717) is 15.7 Å². The number of halogens is 1. The molecule has 0 aliphatic carbocycles. The number of anilines is 1. The van der Waals surface area contributed by atoms with Crippen molar-refractivity contribution in [2.75, 3.05) is 5.32 Å². The molecular formula is C12H12BrN3O2. The first-order chi connectivity index (χ1) is 8.49. The molecule has 0 aliphatic heterocycles. The number of rotatable bonds is 2. The predicted molar refractivity (Wildman–Crippen MR) is 72.9 cm³/mol. The molecule has 0 aliphatic rings. The van der Waals surface area contributed by atoms with Crippen LogP contribution in [0.15, 0.2) is 33.8 Å². The van der Waals surface area contributed by atoms with Crippen molar-refractivity contribution in [2.45, 2.75) is 6.92 Å².